The molecule has 0 aromatic rings. The lowest BCUT2D eigenvalue weighted by Crippen LogP contribution is -2.64. The first-order valence-corrected chi connectivity index (χ1v) is 25.5. The molecule has 0 amide bonds. The Hall–Kier alpha value is -1.70. The zero-order valence-electron chi connectivity index (χ0n) is 38.0. The van der Waals surface area contributed by atoms with Crippen LogP contribution in [0.25, 0.3) is 0 Å². The van der Waals surface area contributed by atoms with Crippen LogP contribution in [0.5, 0.6) is 0 Å². The van der Waals surface area contributed by atoms with Crippen molar-refractivity contribution < 1.29 is 58.3 Å². The molecule has 6 N–H and O–H groups in total. The van der Waals surface area contributed by atoms with Crippen molar-refractivity contribution in [2.24, 2.45) is 0 Å². The fraction of sp³-hybridized carbons (Fsp3) is 0.812. The lowest BCUT2D eigenvalue weighted by molar-refractivity contribution is -0.220. The van der Waals surface area contributed by atoms with Crippen LogP contribution in [-0.4, -0.2) is 98.9 Å². The first kappa shape index (κ1) is 57.3. The molecule has 1 aliphatic carbocycles. The Kier molecular flexibility index (Phi) is 36.4. The molecule has 1 rings (SSSR count). The van der Waals surface area contributed by atoms with Gasteiger partial charge in [0.25, 0.3) is 0 Å². The summed E-state index contributed by atoms with van der Waals surface area (Å²) in [6.45, 7) is 4.19. The molecular weight excluding hydrogens is 799 g/mol. The molecule has 0 aliphatic heterocycles. The maximum atomic E-state index is 12.8. The van der Waals surface area contributed by atoms with Crippen LogP contribution in [0.4, 0.5) is 0 Å². The molecule has 0 spiro atoms. The zero-order chi connectivity index (χ0) is 44.8. The summed E-state index contributed by atoms with van der Waals surface area (Å²) in [6.07, 6.45) is 34.6. The minimum atomic E-state index is -5.03. The van der Waals surface area contributed by atoms with Crippen molar-refractivity contribution in [3.8, 4) is 0 Å². The Morgan fingerprint density at radius 3 is 1.41 bits per heavy atom. The van der Waals surface area contributed by atoms with Crippen LogP contribution in [0.1, 0.15) is 187 Å². The quantitative estimate of drug-likeness (QED) is 0.0148. The number of carbonyl (C=O) groups is 1. The molecule has 1 aliphatic rings. The third kappa shape index (κ3) is 30.9. The molecule has 13 heteroatoms. The molecule has 6 atom stereocenters. The van der Waals surface area contributed by atoms with Gasteiger partial charge in [-0.1, -0.05) is 152 Å². The van der Waals surface area contributed by atoms with Gasteiger partial charge < -0.3 is 39.9 Å². The number of aliphatic hydroxyl groups is 5. The molecule has 1 fully saturated rings. The number of hydrogen-bond acceptors (Lipinski definition) is 11. The van der Waals surface area contributed by atoms with Gasteiger partial charge in [-0.2, -0.15) is 0 Å². The Morgan fingerprint density at radius 2 is 0.918 bits per heavy atom. The van der Waals surface area contributed by atoms with Gasteiger partial charge >= 0.3 is 13.8 Å². The molecule has 356 valence electrons. The summed E-state index contributed by atoms with van der Waals surface area (Å²) >= 11 is 0. The van der Waals surface area contributed by atoms with Gasteiger partial charge in [-0.3, -0.25) is 13.8 Å². The van der Waals surface area contributed by atoms with E-state index in [9.17, 15) is 39.8 Å². The van der Waals surface area contributed by atoms with Crippen LogP contribution in [0.3, 0.4) is 0 Å². The average molecular weight is 887 g/mol. The van der Waals surface area contributed by atoms with E-state index in [4.69, 9.17) is 18.5 Å². The third-order valence-electron chi connectivity index (χ3n) is 10.9. The minimum Gasteiger partial charge on any atom is -0.457 e. The minimum absolute atomic E-state index is 0.0873. The highest BCUT2D eigenvalue weighted by Crippen LogP contribution is 2.47. The van der Waals surface area contributed by atoms with Crippen molar-refractivity contribution in [3.63, 3.8) is 0 Å². The Balaban J connectivity index is 2.40. The standard InChI is InChI=1S/C48H87O12P/c1-3-5-7-9-11-13-15-17-19-21-22-24-26-28-30-32-34-36-38-57-39-41(40-58-61(55,56)60-48-46(53)44(51)43(50)45(52)47(48)54)59-42(49)37-35-33-31-29-27-25-23-20-18-16-14-12-10-8-6-4-2/h11,13-14,16-17,19-20,23,41,43-48,50-54H,3-10,12,15,18,21-22,24-40H2,1-2H3,(H,55,56)/b13-11-,16-14-,19-17-,23-20-. The third-order valence-corrected chi connectivity index (χ3v) is 11.9. The van der Waals surface area contributed by atoms with Crippen LogP contribution in [0.15, 0.2) is 48.6 Å². The molecule has 0 aromatic heterocycles. The summed E-state index contributed by atoms with van der Waals surface area (Å²) in [7, 11) is -5.03. The normalized spacial score (nSPS) is 22.6. The van der Waals surface area contributed by atoms with Crippen molar-refractivity contribution in [2.45, 2.75) is 230 Å². The maximum absolute atomic E-state index is 12.8. The van der Waals surface area contributed by atoms with Crippen LogP contribution >= 0.6 is 7.82 Å². The summed E-state index contributed by atoms with van der Waals surface area (Å²) in [5.74, 6) is -0.494. The molecular formula is C48H87O12P. The Morgan fingerprint density at radius 1 is 0.525 bits per heavy atom. The van der Waals surface area contributed by atoms with Gasteiger partial charge in [-0.15, -0.1) is 0 Å². The number of phosphoric acid groups is 1. The number of hydrogen-bond donors (Lipinski definition) is 6. The molecule has 61 heavy (non-hydrogen) atoms. The molecule has 0 heterocycles. The summed E-state index contributed by atoms with van der Waals surface area (Å²) in [4.78, 5) is 23.2. The smallest absolute Gasteiger partial charge is 0.457 e. The fourth-order valence-electron chi connectivity index (χ4n) is 7.06. The zero-order valence-corrected chi connectivity index (χ0v) is 38.8. The molecule has 12 nitrogen and oxygen atoms in total. The van der Waals surface area contributed by atoms with E-state index in [1.165, 1.54) is 77.0 Å². The van der Waals surface area contributed by atoms with E-state index in [0.29, 0.717) is 13.0 Å². The largest absolute Gasteiger partial charge is 0.472 e. The van der Waals surface area contributed by atoms with Crippen LogP contribution in [0, 0.1) is 0 Å². The highest BCUT2D eigenvalue weighted by molar-refractivity contribution is 7.47. The molecule has 0 saturated heterocycles. The molecule has 0 aromatic carbocycles. The second kappa shape index (κ2) is 38.7. The average Bonchev–Trinajstić information content (AvgIpc) is 3.24. The molecule has 0 bridgehead atoms. The summed E-state index contributed by atoms with van der Waals surface area (Å²) < 4.78 is 34.2. The van der Waals surface area contributed by atoms with E-state index < -0.39 is 63.1 Å². The number of esters is 1. The van der Waals surface area contributed by atoms with E-state index in [0.717, 1.165) is 83.5 Å². The molecule has 6 unspecified atom stereocenters. The van der Waals surface area contributed by atoms with Gasteiger partial charge in [0, 0.05) is 13.0 Å². The number of carbonyl (C=O) groups excluding carboxylic acids is 1. The number of aliphatic hydroxyl groups excluding tert-OH is 5. The molecule has 1 saturated carbocycles. The van der Waals surface area contributed by atoms with Crippen molar-refractivity contribution in [2.75, 3.05) is 19.8 Å². The summed E-state index contributed by atoms with van der Waals surface area (Å²) in [6, 6.07) is 0. The summed E-state index contributed by atoms with van der Waals surface area (Å²) in [5.41, 5.74) is 0. The van der Waals surface area contributed by atoms with E-state index in [1.807, 2.05) is 0 Å². The summed E-state index contributed by atoms with van der Waals surface area (Å²) in [5, 5.41) is 50.2. The van der Waals surface area contributed by atoms with Gasteiger partial charge in [-0.25, -0.2) is 4.57 Å². The lowest BCUT2D eigenvalue weighted by atomic mass is 9.85. The van der Waals surface area contributed by atoms with Crippen molar-refractivity contribution in [1.29, 1.82) is 0 Å². The Labute approximate surface area is 369 Å². The van der Waals surface area contributed by atoms with E-state index in [2.05, 4.69) is 62.5 Å². The monoisotopic (exact) mass is 887 g/mol. The SMILES string of the molecule is CCCCC/C=C\C/C=C\CCCCCCCCCCOCC(COP(=O)(O)OC1C(O)C(O)C(O)C(O)C1O)OC(=O)CCCCCCC/C=C\C/C=C\CCCCCC. The van der Waals surface area contributed by atoms with Crippen LogP contribution in [0.2, 0.25) is 0 Å². The first-order valence-electron chi connectivity index (χ1n) is 24.0. The van der Waals surface area contributed by atoms with E-state index in [1.54, 1.807) is 0 Å². The van der Waals surface area contributed by atoms with Crippen LogP contribution in [-0.2, 0) is 27.9 Å². The molecule has 0 radical (unpaired) electrons. The number of phosphoric ester groups is 1. The lowest BCUT2D eigenvalue weighted by Gasteiger charge is -2.41. The fourth-order valence-corrected chi connectivity index (χ4v) is 8.03. The number of allylic oxidation sites excluding steroid dienone is 8. The second-order valence-corrected chi connectivity index (χ2v) is 18.0. The van der Waals surface area contributed by atoms with Gasteiger partial charge in [0.1, 0.15) is 42.7 Å². The van der Waals surface area contributed by atoms with Gasteiger partial charge in [-0.05, 0) is 77.0 Å². The van der Waals surface area contributed by atoms with Crippen LogP contribution < -0.4 is 0 Å². The van der Waals surface area contributed by atoms with Gasteiger partial charge in [0.2, 0.25) is 0 Å². The van der Waals surface area contributed by atoms with Gasteiger partial charge in [0.15, 0.2) is 0 Å². The first-order chi connectivity index (χ1) is 29.5. The van der Waals surface area contributed by atoms with E-state index >= 15 is 0 Å². The predicted octanol–water partition coefficient (Wildman–Crippen LogP) is 10.0. The predicted molar refractivity (Wildman–Crippen MR) is 244 cm³/mol. The van der Waals surface area contributed by atoms with Crippen molar-refractivity contribution in [3.05, 3.63) is 48.6 Å². The highest BCUT2D eigenvalue weighted by Gasteiger charge is 2.51. The van der Waals surface area contributed by atoms with Gasteiger partial charge in [0.05, 0.1) is 13.2 Å². The Bertz CT molecular complexity index is 1190. The van der Waals surface area contributed by atoms with E-state index in [-0.39, 0.29) is 13.0 Å². The van der Waals surface area contributed by atoms with Crippen molar-refractivity contribution in [1.82, 2.24) is 0 Å². The highest BCUT2D eigenvalue weighted by atomic mass is 31.2. The number of rotatable bonds is 40. The number of unbranched alkanes of at least 4 members (excludes halogenated alkanes) is 20. The van der Waals surface area contributed by atoms with Crippen molar-refractivity contribution >= 4 is 13.8 Å². The topological polar surface area (TPSA) is 192 Å². The second-order valence-electron chi connectivity index (χ2n) is 16.6. The number of ether oxygens (including phenoxy) is 2. The maximum Gasteiger partial charge on any atom is 0.472 e.